The van der Waals surface area contributed by atoms with E-state index in [1.165, 1.54) is 11.6 Å². The van der Waals surface area contributed by atoms with Crippen molar-refractivity contribution in [1.29, 1.82) is 0 Å². The fraction of sp³-hybridized carbons (Fsp3) is 0.200. The van der Waals surface area contributed by atoms with Crippen molar-refractivity contribution >= 4 is 17.3 Å². The number of methoxy groups -OCH3 is 1. The number of nitrogens with zero attached hydrogens (tertiary/aromatic N) is 3. The van der Waals surface area contributed by atoms with Crippen LogP contribution < -0.4 is 15.6 Å². The molecule has 138 valence electrons. The van der Waals surface area contributed by atoms with Gasteiger partial charge in [0.25, 0.3) is 5.56 Å². The van der Waals surface area contributed by atoms with Crippen LogP contribution in [0.4, 0.5) is 11.5 Å². The molecule has 7 nitrogen and oxygen atoms in total. The number of carbonyl (C=O) groups excluding carboxylic acids is 1. The van der Waals surface area contributed by atoms with Crippen LogP contribution in [-0.2, 0) is 6.54 Å². The summed E-state index contributed by atoms with van der Waals surface area (Å²) >= 11 is 0. The third-order valence-corrected chi connectivity index (χ3v) is 4.07. The van der Waals surface area contributed by atoms with Crippen LogP contribution in [0.3, 0.4) is 0 Å². The number of pyridine rings is 1. The zero-order valence-corrected chi connectivity index (χ0v) is 15.4. The fourth-order valence-electron chi connectivity index (χ4n) is 2.78. The molecule has 7 heteroatoms. The van der Waals surface area contributed by atoms with Crippen molar-refractivity contribution in [2.45, 2.75) is 20.4 Å². The minimum atomic E-state index is -0.382. The van der Waals surface area contributed by atoms with Gasteiger partial charge in [-0.25, -0.2) is 9.67 Å². The van der Waals surface area contributed by atoms with Gasteiger partial charge < -0.3 is 10.1 Å². The Kier molecular flexibility index (Phi) is 5.30. The lowest BCUT2D eigenvalue weighted by atomic mass is 10.0. The maximum Gasteiger partial charge on any atom is 0.291 e. The van der Waals surface area contributed by atoms with E-state index in [2.05, 4.69) is 15.4 Å². The maximum atomic E-state index is 12.9. The summed E-state index contributed by atoms with van der Waals surface area (Å²) in [5, 5.41) is 7.41. The number of rotatable bonds is 6. The molecule has 27 heavy (non-hydrogen) atoms. The Morgan fingerprint density at radius 2 is 1.96 bits per heavy atom. The largest absolute Gasteiger partial charge is 0.497 e. The predicted octanol–water partition coefficient (Wildman–Crippen LogP) is 3.28. The number of hydrogen-bond acceptors (Lipinski definition) is 6. The molecule has 0 radical (unpaired) electrons. The molecule has 0 spiro atoms. The van der Waals surface area contributed by atoms with E-state index in [0.29, 0.717) is 23.8 Å². The molecule has 0 aliphatic carbocycles. The molecule has 0 bridgehead atoms. The van der Waals surface area contributed by atoms with Gasteiger partial charge in [0, 0.05) is 24.4 Å². The van der Waals surface area contributed by atoms with E-state index >= 15 is 0 Å². The van der Waals surface area contributed by atoms with Gasteiger partial charge in [0.05, 0.1) is 12.7 Å². The normalized spacial score (nSPS) is 10.5. The molecule has 2 heterocycles. The van der Waals surface area contributed by atoms with Gasteiger partial charge >= 0.3 is 0 Å². The Hall–Kier alpha value is -3.48. The quantitative estimate of drug-likeness (QED) is 0.676. The van der Waals surface area contributed by atoms with E-state index in [9.17, 15) is 9.59 Å². The van der Waals surface area contributed by atoms with Crippen LogP contribution in [0.5, 0.6) is 5.75 Å². The summed E-state index contributed by atoms with van der Waals surface area (Å²) in [4.78, 5) is 29.6. The highest BCUT2D eigenvalue weighted by Crippen LogP contribution is 2.27. The first kappa shape index (κ1) is 18.3. The van der Waals surface area contributed by atoms with Crippen LogP contribution >= 0.6 is 0 Å². The first-order chi connectivity index (χ1) is 13.0. The molecule has 0 saturated heterocycles. The first-order valence-corrected chi connectivity index (χ1v) is 8.53. The predicted molar refractivity (Wildman–Crippen MR) is 104 cm³/mol. The number of Topliss-reactive ketones (excluding diaryl/α,β-unsaturated/α-hetero) is 1. The molecule has 0 unspecified atom stereocenters. The first-order valence-electron chi connectivity index (χ1n) is 8.53. The molecule has 0 atom stereocenters. The Labute approximate surface area is 156 Å². The Morgan fingerprint density at radius 1 is 1.22 bits per heavy atom. The second-order valence-corrected chi connectivity index (χ2v) is 5.85. The summed E-state index contributed by atoms with van der Waals surface area (Å²) in [6.07, 6.45) is 1.56. The van der Waals surface area contributed by atoms with Crippen LogP contribution in [0, 0.1) is 0 Å². The zero-order chi connectivity index (χ0) is 19.4. The van der Waals surface area contributed by atoms with E-state index in [1.54, 1.807) is 25.4 Å². The second kappa shape index (κ2) is 7.82. The SMILES string of the molecule is CCn1nc(-c2ccccc2)c(C(C)=O)c(Nc2cc(OC)ccn2)c1=O. The number of anilines is 2. The number of aromatic nitrogens is 3. The lowest BCUT2D eigenvalue weighted by Crippen LogP contribution is -2.28. The zero-order valence-electron chi connectivity index (χ0n) is 15.4. The molecule has 0 fully saturated rings. The second-order valence-electron chi connectivity index (χ2n) is 5.85. The number of benzene rings is 1. The maximum absolute atomic E-state index is 12.9. The van der Waals surface area contributed by atoms with Crippen molar-refractivity contribution in [2.24, 2.45) is 0 Å². The van der Waals surface area contributed by atoms with Crippen molar-refractivity contribution in [3.05, 3.63) is 64.6 Å². The third kappa shape index (κ3) is 3.72. The van der Waals surface area contributed by atoms with Crippen LogP contribution in [0.25, 0.3) is 11.3 Å². The number of carbonyl (C=O) groups is 1. The van der Waals surface area contributed by atoms with Crippen molar-refractivity contribution in [3.8, 4) is 17.0 Å². The van der Waals surface area contributed by atoms with E-state index in [-0.39, 0.29) is 22.6 Å². The molecular formula is C20H20N4O3. The van der Waals surface area contributed by atoms with E-state index in [4.69, 9.17) is 4.74 Å². The van der Waals surface area contributed by atoms with Gasteiger partial charge in [0.15, 0.2) is 5.78 Å². The minimum Gasteiger partial charge on any atom is -0.497 e. The molecule has 0 amide bonds. The lowest BCUT2D eigenvalue weighted by Gasteiger charge is -2.16. The Balaban J connectivity index is 2.25. The average Bonchev–Trinajstić information content (AvgIpc) is 2.69. The average molecular weight is 364 g/mol. The smallest absolute Gasteiger partial charge is 0.291 e. The van der Waals surface area contributed by atoms with Gasteiger partial charge in [-0.15, -0.1) is 0 Å². The van der Waals surface area contributed by atoms with Gasteiger partial charge in [-0.1, -0.05) is 30.3 Å². The number of ether oxygens (including phenoxy) is 1. The number of ketones is 1. The Morgan fingerprint density at radius 3 is 2.59 bits per heavy atom. The number of hydrogen-bond donors (Lipinski definition) is 1. The molecule has 0 aliphatic rings. The minimum absolute atomic E-state index is 0.152. The molecule has 3 rings (SSSR count). The van der Waals surface area contributed by atoms with Gasteiger partial charge in [-0.2, -0.15) is 5.10 Å². The summed E-state index contributed by atoms with van der Waals surface area (Å²) in [5.41, 5.74) is 1.22. The van der Waals surface area contributed by atoms with Crippen LogP contribution in [0.2, 0.25) is 0 Å². The standard InChI is InChI=1S/C20H20N4O3/c1-4-24-20(26)19(22-16-12-15(27-3)10-11-21-16)17(13(2)25)18(23-24)14-8-6-5-7-9-14/h5-12H,4H2,1-3H3,(H,21,22). The Bertz CT molecular complexity index is 1030. The highest BCUT2D eigenvalue weighted by molar-refractivity contribution is 6.05. The van der Waals surface area contributed by atoms with Crippen molar-refractivity contribution < 1.29 is 9.53 Å². The van der Waals surface area contributed by atoms with Crippen molar-refractivity contribution in [3.63, 3.8) is 0 Å². The van der Waals surface area contributed by atoms with Crippen LogP contribution in [0.15, 0.2) is 53.5 Å². The monoisotopic (exact) mass is 364 g/mol. The van der Waals surface area contributed by atoms with Crippen LogP contribution in [-0.4, -0.2) is 27.7 Å². The van der Waals surface area contributed by atoms with E-state index in [0.717, 1.165) is 5.56 Å². The summed E-state index contributed by atoms with van der Waals surface area (Å²) in [5.74, 6) is 0.735. The van der Waals surface area contributed by atoms with Gasteiger partial charge in [-0.05, 0) is 19.9 Å². The van der Waals surface area contributed by atoms with Crippen LogP contribution in [0.1, 0.15) is 24.2 Å². The highest BCUT2D eigenvalue weighted by Gasteiger charge is 2.22. The molecule has 0 aliphatic heterocycles. The molecule has 3 aromatic rings. The molecule has 2 aromatic heterocycles. The molecule has 1 aromatic carbocycles. The van der Waals surface area contributed by atoms with Gasteiger partial charge in [0.1, 0.15) is 22.9 Å². The fourth-order valence-corrected chi connectivity index (χ4v) is 2.78. The molecule has 0 saturated carbocycles. The summed E-state index contributed by atoms with van der Waals surface area (Å²) in [7, 11) is 1.55. The summed E-state index contributed by atoms with van der Waals surface area (Å²) in [6, 6.07) is 12.7. The summed E-state index contributed by atoms with van der Waals surface area (Å²) < 4.78 is 6.53. The van der Waals surface area contributed by atoms with Crippen molar-refractivity contribution in [2.75, 3.05) is 12.4 Å². The lowest BCUT2D eigenvalue weighted by molar-refractivity contribution is 0.101. The van der Waals surface area contributed by atoms with Crippen molar-refractivity contribution in [1.82, 2.24) is 14.8 Å². The topological polar surface area (TPSA) is 86.1 Å². The van der Waals surface area contributed by atoms with Gasteiger partial charge in [0.2, 0.25) is 0 Å². The molecular weight excluding hydrogens is 344 g/mol. The van der Waals surface area contributed by atoms with E-state index < -0.39 is 0 Å². The molecule has 1 N–H and O–H groups in total. The summed E-state index contributed by atoms with van der Waals surface area (Å²) in [6.45, 7) is 3.62. The number of nitrogens with one attached hydrogen (secondary N) is 1. The highest BCUT2D eigenvalue weighted by atomic mass is 16.5. The van der Waals surface area contributed by atoms with E-state index in [1.807, 2.05) is 37.3 Å². The third-order valence-electron chi connectivity index (χ3n) is 4.07. The van der Waals surface area contributed by atoms with Gasteiger partial charge in [-0.3, -0.25) is 9.59 Å². The number of aryl methyl sites for hydroxylation is 1.